The number of hydrogen-bond acceptors (Lipinski definition) is 7. The second-order valence-corrected chi connectivity index (χ2v) is 8.25. The second kappa shape index (κ2) is 10.1. The first-order valence-corrected chi connectivity index (χ1v) is 11.7. The summed E-state index contributed by atoms with van der Waals surface area (Å²) in [4.78, 5) is 44.4. The van der Waals surface area contributed by atoms with Crippen molar-refractivity contribution in [3.8, 4) is 5.75 Å². The van der Waals surface area contributed by atoms with E-state index in [-0.39, 0.29) is 32.0 Å². The number of fused-ring (bicyclic) bond motifs is 1. The van der Waals surface area contributed by atoms with Gasteiger partial charge in [0.25, 0.3) is 0 Å². The number of esters is 2. The zero-order valence-electron chi connectivity index (χ0n) is 20.1. The van der Waals surface area contributed by atoms with Crippen LogP contribution in [-0.2, 0) is 30.5 Å². The first kappa shape index (κ1) is 24.2. The van der Waals surface area contributed by atoms with Crippen molar-refractivity contribution < 1.29 is 28.6 Å². The lowest BCUT2D eigenvalue weighted by Gasteiger charge is -2.33. The third-order valence-electron chi connectivity index (χ3n) is 5.98. The number of amides is 1. The largest absolute Gasteiger partial charge is 0.489 e. The molecule has 8 nitrogen and oxygen atoms in total. The van der Waals surface area contributed by atoms with Gasteiger partial charge in [0.1, 0.15) is 12.4 Å². The van der Waals surface area contributed by atoms with Gasteiger partial charge in [0.05, 0.1) is 18.7 Å². The number of ether oxygens (including phenoxy) is 3. The van der Waals surface area contributed by atoms with Crippen LogP contribution in [0.2, 0.25) is 0 Å². The average molecular weight is 477 g/mol. The summed E-state index contributed by atoms with van der Waals surface area (Å²) in [7, 11) is 0. The van der Waals surface area contributed by atoms with Crippen LogP contribution in [0, 0.1) is 6.92 Å². The smallest absolute Gasteiger partial charge is 0.344 e. The maximum Gasteiger partial charge on any atom is 0.344 e. The summed E-state index contributed by atoms with van der Waals surface area (Å²) in [5.74, 6) is -1.34. The number of aryl methyl sites for hydroxylation is 1. The Hall–Kier alpha value is -3.94. The highest BCUT2D eigenvalue weighted by molar-refractivity contribution is 6.18. The van der Waals surface area contributed by atoms with E-state index in [0.29, 0.717) is 18.0 Å². The molecular weight excluding hydrogens is 448 g/mol. The molecule has 35 heavy (non-hydrogen) atoms. The number of rotatable bonds is 8. The molecule has 1 saturated heterocycles. The number of para-hydroxylation sites is 1. The normalized spacial score (nSPS) is 14.7. The van der Waals surface area contributed by atoms with E-state index in [4.69, 9.17) is 14.2 Å². The van der Waals surface area contributed by atoms with Crippen molar-refractivity contribution in [3.05, 3.63) is 65.9 Å². The van der Waals surface area contributed by atoms with Gasteiger partial charge in [-0.1, -0.05) is 18.2 Å². The lowest BCUT2D eigenvalue weighted by atomic mass is 9.95. The number of nitrogens with zero attached hydrogens (tertiary/aromatic N) is 2. The van der Waals surface area contributed by atoms with E-state index in [1.807, 2.05) is 37.3 Å². The monoisotopic (exact) mass is 476 g/mol. The van der Waals surface area contributed by atoms with Gasteiger partial charge in [0, 0.05) is 35.2 Å². The van der Waals surface area contributed by atoms with Crippen LogP contribution in [0.4, 0.5) is 5.69 Å². The molecule has 182 valence electrons. The molecule has 0 aliphatic carbocycles. The molecule has 0 saturated carbocycles. The average Bonchev–Trinajstić information content (AvgIpc) is 3.21. The lowest BCUT2D eigenvalue weighted by molar-refractivity contribution is -0.164. The molecule has 0 bridgehead atoms. The van der Waals surface area contributed by atoms with E-state index in [1.54, 1.807) is 38.1 Å². The Morgan fingerprint density at radius 1 is 1.00 bits per heavy atom. The molecule has 0 N–H and O–H groups in total. The summed E-state index contributed by atoms with van der Waals surface area (Å²) in [5, 5.41) is 1.02. The van der Waals surface area contributed by atoms with Gasteiger partial charge in [-0.3, -0.25) is 14.7 Å². The van der Waals surface area contributed by atoms with Crippen molar-refractivity contribution in [2.45, 2.75) is 45.8 Å². The van der Waals surface area contributed by atoms with Gasteiger partial charge < -0.3 is 14.2 Å². The highest BCUT2D eigenvalue weighted by atomic mass is 16.6. The van der Waals surface area contributed by atoms with Crippen molar-refractivity contribution in [2.24, 2.45) is 0 Å². The van der Waals surface area contributed by atoms with Gasteiger partial charge in [-0.15, -0.1) is 0 Å². The van der Waals surface area contributed by atoms with Crippen LogP contribution < -0.4 is 9.64 Å². The fourth-order valence-electron chi connectivity index (χ4n) is 4.43. The SMILES string of the molecule is CCOC(=O)C1(C(=O)OCC)CCC(=O)N1c1ccc(OCc2cc(C)nc3ccccc23)cc1. The third kappa shape index (κ3) is 4.56. The Kier molecular flexibility index (Phi) is 7.00. The van der Waals surface area contributed by atoms with E-state index in [9.17, 15) is 14.4 Å². The van der Waals surface area contributed by atoms with Gasteiger partial charge in [-0.2, -0.15) is 0 Å². The molecule has 0 spiro atoms. The summed E-state index contributed by atoms with van der Waals surface area (Å²) in [5.41, 5.74) is 1.38. The topological polar surface area (TPSA) is 95.0 Å². The minimum Gasteiger partial charge on any atom is -0.489 e. The molecule has 2 aromatic carbocycles. The number of pyridine rings is 1. The number of carbonyl (C=O) groups excluding carboxylic acids is 3. The predicted molar refractivity (Wildman–Crippen MR) is 130 cm³/mol. The van der Waals surface area contributed by atoms with Crippen LogP contribution >= 0.6 is 0 Å². The highest BCUT2D eigenvalue weighted by Gasteiger charge is 2.60. The molecule has 3 aromatic rings. The number of benzene rings is 2. The molecule has 4 rings (SSSR count). The highest BCUT2D eigenvalue weighted by Crippen LogP contribution is 2.38. The molecule has 1 amide bonds. The first-order chi connectivity index (χ1) is 16.9. The number of hydrogen-bond donors (Lipinski definition) is 0. The molecule has 0 radical (unpaired) electrons. The zero-order valence-corrected chi connectivity index (χ0v) is 20.1. The number of anilines is 1. The Balaban J connectivity index is 1.59. The third-order valence-corrected chi connectivity index (χ3v) is 5.98. The van der Waals surface area contributed by atoms with E-state index in [2.05, 4.69) is 4.98 Å². The molecule has 1 aromatic heterocycles. The van der Waals surface area contributed by atoms with E-state index in [0.717, 1.165) is 22.2 Å². The molecule has 0 unspecified atom stereocenters. The maximum absolute atomic E-state index is 12.9. The maximum atomic E-state index is 12.9. The first-order valence-electron chi connectivity index (χ1n) is 11.7. The van der Waals surface area contributed by atoms with Gasteiger partial charge in [-0.25, -0.2) is 9.59 Å². The number of carbonyl (C=O) groups is 3. The molecule has 1 fully saturated rings. The molecule has 1 aliphatic rings. The van der Waals surface area contributed by atoms with Crippen molar-refractivity contribution in [3.63, 3.8) is 0 Å². The Morgan fingerprint density at radius 2 is 1.66 bits per heavy atom. The van der Waals surface area contributed by atoms with Crippen molar-refractivity contribution in [1.29, 1.82) is 0 Å². The van der Waals surface area contributed by atoms with Gasteiger partial charge in [0.2, 0.25) is 11.4 Å². The number of aromatic nitrogens is 1. The molecule has 8 heteroatoms. The minimum atomic E-state index is -1.83. The standard InChI is InChI=1S/C27H28N2O6/c1-4-33-25(31)27(26(32)34-5-2)15-14-24(30)29(27)20-10-12-21(13-11-20)35-17-19-16-18(3)28-23-9-7-6-8-22(19)23/h6-13,16H,4-5,14-15,17H2,1-3H3. The van der Waals surface area contributed by atoms with Crippen LogP contribution in [0.25, 0.3) is 10.9 Å². The Morgan fingerprint density at radius 3 is 2.31 bits per heavy atom. The van der Waals surface area contributed by atoms with E-state index < -0.39 is 17.5 Å². The van der Waals surface area contributed by atoms with Crippen LogP contribution in [0.3, 0.4) is 0 Å². The van der Waals surface area contributed by atoms with Crippen molar-refractivity contribution in [2.75, 3.05) is 18.1 Å². The van der Waals surface area contributed by atoms with Crippen LogP contribution in [-0.4, -0.2) is 41.6 Å². The molecular formula is C27H28N2O6. The molecule has 2 heterocycles. The van der Waals surface area contributed by atoms with E-state index >= 15 is 0 Å². The van der Waals surface area contributed by atoms with Crippen LogP contribution in [0.15, 0.2) is 54.6 Å². The fraction of sp³-hybridized carbons (Fsp3) is 0.333. The lowest BCUT2D eigenvalue weighted by Crippen LogP contribution is -2.59. The molecule has 1 aliphatic heterocycles. The fourth-order valence-corrected chi connectivity index (χ4v) is 4.43. The van der Waals surface area contributed by atoms with Crippen LogP contribution in [0.1, 0.15) is 37.9 Å². The van der Waals surface area contributed by atoms with Gasteiger partial charge in [-0.05, 0) is 57.2 Å². The summed E-state index contributed by atoms with van der Waals surface area (Å²) in [6, 6.07) is 16.6. The van der Waals surface area contributed by atoms with Crippen molar-refractivity contribution in [1.82, 2.24) is 4.98 Å². The Labute approximate surface area is 203 Å². The van der Waals surface area contributed by atoms with Crippen molar-refractivity contribution >= 4 is 34.4 Å². The quantitative estimate of drug-likeness (QED) is 0.357. The minimum absolute atomic E-state index is 0.00375. The van der Waals surface area contributed by atoms with Gasteiger partial charge in [0.15, 0.2) is 0 Å². The summed E-state index contributed by atoms with van der Waals surface area (Å²) >= 11 is 0. The van der Waals surface area contributed by atoms with E-state index in [1.165, 1.54) is 4.90 Å². The summed E-state index contributed by atoms with van der Waals surface area (Å²) < 4.78 is 16.4. The second-order valence-electron chi connectivity index (χ2n) is 8.25. The Bertz CT molecular complexity index is 1240. The zero-order chi connectivity index (χ0) is 25.0. The molecule has 0 atom stereocenters. The summed E-state index contributed by atoms with van der Waals surface area (Å²) in [6.45, 7) is 5.74. The summed E-state index contributed by atoms with van der Waals surface area (Å²) in [6.07, 6.45) is 0.0283. The van der Waals surface area contributed by atoms with Crippen LogP contribution in [0.5, 0.6) is 5.75 Å². The predicted octanol–water partition coefficient (Wildman–Crippen LogP) is 4.11. The van der Waals surface area contributed by atoms with Gasteiger partial charge >= 0.3 is 11.9 Å².